The van der Waals surface area contributed by atoms with E-state index in [2.05, 4.69) is 33.9 Å². The highest BCUT2D eigenvalue weighted by atomic mass is 79.9. The molecule has 17 heavy (non-hydrogen) atoms. The predicted octanol–water partition coefficient (Wildman–Crippen LogP) is 3.33. The second-order valence-electron chi connectivity index (χ2n) is 3.98. The number of pyridine rings is 1. The Balaban J connectivity index is 2.23. The summed E-state index contributed by atoms with van der Waals surface area (Å²) in [5.41, 5.74) is 2.13. The Labute approximate surface area is 108 Å². The van der Waals surface area contributed by atoms with Gasteiger partial charge in [-0.25, -0.2) is 4.98 Å². The van der Waals surface area contributed by atoms with Crippen LogP contribution >= 0.6 is 15.9 Å². The van der Waals surface area contributed by atoms with Crippen LogP contribution in [0.25, 0.3) is 10.9 Å². The molecule has 0 radical (unpaired) electrons. The Morgan fingerprint density at radius 1 is 1.18 bits per heavy atom. The minimum atomic E-state index is 0.604. The van der Waals surface area contributed by atoms with Crippen molar-refractivity contribution in [1.29, 1.82) is 0 Å². The highest BCUT2D eigenvalue weighted by molar-refractivity contribution is 9.10. The van der Waals surface area contributed by atoms with Crippen LogP contribution in [0.3, 0.4) is 0 Å². The van der Waals surface area contributed by atoms with Crippen LogP contribution in [-0.4, -0.2) is 18.2 Å². The van der Waals surface area contributed by atoms with Gasteiger partial charge < -0.3 is 9.47 Å². The fourth-order valence-corrected chi connectivity index (χ4v) is 2.56. The summed E-state index contributed by atoms with van der Waals surface area (Å²) >= 11 is 3.49. The van der Waals surface area contributed by atoms with Crippen molar-refractivity contribution in [2.45, 2.75) is 13.3 Å². The minimum absolute atomic E-state index is 0.604. The Bertz CT molecular complexity index is 583. The third kappa shape index (κ3) is 1.86. The lowest BCUT2D eigenvalue weighted by molar-refractivity contribution is 0.172. The van der Waals surface area contributed by atoms with Crippen LogP contribution in [0.2, 0.25) is 0 Å². The first-order chi connectivity index (χ1) is 8.28. The molecule has 0 saturated carbocycles. The molecule has 0 saturated heterocycles. The third-order valence-corrected chi connectivity index (χ3v) is 3.57. The van der Waals surface area contributed by atoms with Gasteiger partial charge in [0.05, 0.1) is 5.52 Å². The first kappa shape index (κ1) is 10.8. The van der Waals surface area contributed by atoms with Crippen LogP contribution in [0.15, 0.2) is 22.8 Å². The Morgan fingerprint density at radius 2 is 1.88 bits per heavy atom. The molecular formula is C13H12BrNO2. The summed E-state index contributed by atoms with van der Waals surface area (Å²) < 4.78 is 12.0. The van der Waals surface area contributed by atoms with Crippen molar-refractivity contribution in [3.63, 3.8) is 0 Å². The first-order valence-corrected chi connectivity index (χ1v) is 6.46. The van der Waals surface area contributed by atoms with Crippen molar-refractivity contribution in [2.75, 3.05) is 13.2 Å². The maximum Gasteiger partial charge on any atom is 0.163 e. The van der Waals surface area contributed by atoms with Crippen LogP contribution in [0.1, 0.15) is 12.5 Å². The van der Waals surface area contributed by atoms with E-state index in [1.807, 2.05) is 12.1 Å². The van der Waals surface area contributed by atoms with Gasteiger partial charge in [0, 0.05) is 11.5 Å². The van der Waals surface area contributed by atoms with E-state index in [9.17, 15) is 0 Å². The summed E-state index contributed by atoms with van der Waals surface area (Å²) in [4.78, 5) is 4.54. The quantitative estimate of drug-likeness (QED) is 0.756. The van der Waals surface area contributed by atoms with E-state index in [-0.39, 0.29) is 0 Å². The number of hydrogen-bond acceptors (Lipinski definition) is 3. The predicted molar refractivity (Wildman–Crippen MR) is 69.8 cm³/mol. The number of aromatic nitrogens is 1. The van der Waals surface area contributed by atoms with Gasteiger partial charge in [-0.1, -0.05) is 6.92 Å². The molecule has 1 aromatic carbocycles. The van der Waals surface area contributed by atoms with E-state index in [4.69, 9.17) is 9.47 Å². The first-order valence-electron chi connectivity index (χ1n) is 5.66. The van der Waals surface area contributed by atoms with Gasteiger partial charge in [-0.3, -0.25) is 0 Å². The molecule has 0 spiro atoms. The lowest BCUT2D eigenvalue weighted by Gasteiger charge is -2.18. The van der Waals surface area contributed by atoms with Crippen molar-refractivity contribution in [3.05, 3.63) is 28.4 Å². The van der Waals surface area contributed by atoms with E-state index in [0.717, 1.165) is 33.4 Å². The standard InChI is InChI=1S/C13H12BrNO2/c1-2-8-5-9-6-11-12(17-4-3-16-11)7-10(9)15-13(8)14/h5-7H,2-4H2,1H3. The van der Waals surface area contributed by atoms with E-state index in [0.29, 0.717) is 13.2 Å². The van der Waals surface area contributed by atoms with Crippen LogP contribution < -0.4 is 9.47 Å². The second-order valence-corrected chi connectivity index (χ2v) is 4.73. The van der Waals surface area contributed by atoms with E-state index in [1.165, 1.54) is 5.56 Å². The molecule has 1 aliphatic heterocycles. The molecule has 2 aromatic rings. The second kappa shape index (κ2) is 4.18. The molecule has 0 amide bonds. The van der Waals surface area contributed by atoms with Crippen molar-refractivity contribution >= 4 is 26.8 Å². The number of benzene rings is 1. The molecule has 3 nitrogen and oxygen atoms in total. The van der Waals surface area contributed by atoms with Crippen molar-refractivity contribution in [2.24, 2.45) is 0 Å². The van der Waals surface area contributed by atoms with Crippen LogP contribution in [-0.2, 0) is 6.42 Å². The van der Waals surface area contributed by atoms with Crippen molar-refractivity contribution in [3.8, 4) is 11.5 Å². The normalized spacial score (nSPS) is 14.0. The molecule has 1 aliphatic rings. The molecule has 0 unspecified atom stereocenters. The molecule has 88 valence electrons. The Morgan fingerprint density at radius 3 is 2.59 bits per heavy atom. The Hall–Kier alpha value is -1.29. The number of rotatable bonds is 1. The zero-order valence-electron chi connectivity index (χ0n) is 9.50. The van der Waals surface area contributed by atoms with Gasteiger partial charge in [-0.05, 0) is 40.0 Å². The number of ether oxygens (including phenoxy) is 2. The van der Waals surface area contributed by atoms with Gasteiger partial charge in [0.15, 0.2) is 11.5 Å². The summed E-state index contributed by atoms with van der Waals surface area (Å²) in [7, 11) is 0. The average Bonchev–Trinajstić information content (AvgIpc) is 2.35. The monoisotopic (exact) mass is 293 g/mol. The van der Waals surface area contributed by atoms with Gasteiger partial charge >= 0.3 is 0 Å². The van der Waals surface area contributed by atoms with Gasteiger partial charge in [0.25, 0.3) is 0 Å². The van der Waals surface area contributed by atoms with Gasteiger partial charge in [-0.2, -0.15) is 0 Å². The summed E-state index contributed by atoms with van der Waals surface area (Å²) in [5.74, 6) is 1.60. The van der Waals surface area contributed by atoms with Crippen LogP contribution in [0, 0.1) is 0 Å². The molecule has 2 heterocycles. The highest BCUT2D eigenvalue weighted by Crippen LogP contribution is 2.35. The molecule has 0 aliphatic carbocycles. The lowest BCUT2D eigenvalue weighted by Crippen LogP contribution is -2.15. The van der Waals surface area contributed by atoms with Crippen molar-refractivity contribution < 1.29 is 9.47 Å². The molecule has 4 heteroatoms. The van der Waals surface area contributed by atoms with Crippen LogP contribution in [0.4, 0.5) is 0 Å². The van der Waals surface area contributed by atoms with Gasteiger partial charge in [0.1, 0.15) is 17.8 Å². The molecule has 0 fully saturated rings. The number of nitrogens with zero attached hydrogens (tertiary/aromatic N) is 1. The zero-order chi connectivity index (χ0) is 11.8. The molecule has 3 rings (SSSR count). The maximum atomic E-state index is 5.57. The van der Waals surface area contributed by atoms with Gasteiger partial charge in [-0.15, -0.1) is 0 Å². The molecule has 1 aromatic heterocycles. The fraction of sp³-hybridized carbons (Fsp3) is 0.308. The number of aryl methyl sites for hydroxylation is 1. The summed E-state index contributed by atoms with van der Waals surface area (Å²) in [6.07, 6.45) is 0.956. The molecule has 0 N–H and O–H groups in total. The molecule has 0 bridgehead atoms. The van der Waals surface area contributed by atoms with E-state index < -0.39 is 0 Å². The number of fused-ring (bicyclic) bond motifs is 2. The summed E-state index contributed by atoms with van der Waals surface area (Å²) in [6, 6.07) is 6.08. The van der Waals surface area contributed by atoms with Crippen molar-refractivity contribution in [1.82, 2.24) is 4.98 Å². The van der Waals surface area contributed by atoms with E-state index in [1.54, 1.807) is 0 Å². The minimum Gasteiger partial charge on any atom is -0.486 e. The maximum absolute atomic E-state index is 5.57. The molecular weight excluding hydrogens is 282 g/mol. The number of hydrogen-bond donors (Lipinski definition) is 0. The smallest absolute Gasteiger partial charge is 0.163 e. The lowest BCUT2D eigenvalue weighted by atomic mass is 10.1. The topological polar surface area (TPSA) is 31.4 Å². The third-order valence-electron chi connectivity index (χ3n) is 2.89. The zero-order valence-corrected chi connectivity index (χ0v) is 11.1. The fourth-order valence-electron chi connectivity index (χ4n) is 1.98. The largest absolute Gasteiger partial charge is 0.486 e. The number of halogens is 1. The summed E-state index contributed by atoms with van der Waals surface area (Å²) in [6.45, 7) is 3.33. The molecule has 0 atom stereocenters. The summed E-state index contributed by atoms with van der Waals surface area (Å²) in [5, 5.41) is 1.09. The van der Waals surface area contributed by atoms with E-state index >= 15 is 0 Å². The van der Waals surface area contributed by atoms with Crippen LogP contribution in [0.5, 0.6) is 11.5 Å². The SMILES string of the molecule is CCc1cc2cc3c(cc2nc1Br)OCCO3. The average molecular weight is 294 g/mol. The highest BCUT2D eigenvalue weighted by Gasteiger charge is 2.14. The Kier molecular flexibility index (Phi) is 2.67. The van der Waals surface area contributed by atoms with Gasteiger partial charge in [0.2, 0.25) is 0 Å².